The molecule has 1 fully saturated rings. The zero-order valence-corrected chi connectivity index (χ0v) is 19.7. The number of pyridine rings is 1. The van der Waals surface area contributed by atoms with Crippen molar-refractivity contribution in [2.75, 3.05) is 19.3 Å². The summed E-state index contributed by atoms with van der Waals surface area (Å²) in [5.41, 5.74) is 15.7. The Morgan fingerprint density at radius 2 is 1.85 bits per heavy atom. The van der Waals surface area contributed by atoms with E-state index in [9.17, 15) is 4.79 Å². The third kappa shape index (κ3) is 5.63. The van der Waals surface area contributed by atoms with Crippen LogP contribution >= 0.6 is 0 Å². The number of hydrogen-bond donors (Lipinski definition) is 3. The molecule has 5 rings (SSSR count). The quantitative estimate of drug-likeness (QED) is 0.536. The van der Waals surface area contributed by atoms with Crippen molar-refractivity contribution in [2.24, 2.45) is 13.0 Å². The molecule has 0 atom stereocenters. The average molecular weight is 461 g/mol. The van der Waals surface area contributed by atoms with Crippen molar-refractivity contribution in [3.8, 4) is 22.4 Å². The Balaban J connectivity index is 0.000000257. The molecule has 8 nitrogen and oxygen atoms in total. The van der Waals surface area contributed by atoms with Crippen LogP contribution in [0.5, 0.6) is 0 Å². The van der Waals surface area contributed by atoms with Crippen molar-refractivity contribution in [1.29, 1.82) is 0 Å². The first-order valence-electron chi connectivity index (χ1n) is 11.7. The van der Waals surface area contributed by atoms with Crippen LogP contribution < -0.4 is 11.2 Å². The number of nitrogens with two attached hydrogens (primary N) is 1. The first-order chi connectivity index (χ1) is 16.4. The molecule has 0 bridgehead atoms. The number of benzene rings is 1. The van der Waals surface area contributed by atoms with Crippen LogP contribution in [0.1, 0.15) is 37.7 Å². The van der Waals surface area contributed by atoms with E-state index in [0.717, 1.165) is 54.6 Å². The van der Waals surface area contributed by atoms with Gasteiger partial charge in [-0.15, -0.1) is 0 Å². The molecular formula is C26H32N6O2. The van der Waals surface area contributed by atoms with Gasteiger partial charge in [-0.25, -0.2) is 10.4 Å². The second-order valence-electron chi connectivity index (χ2n) is 8.89. The van der Waals surface area contributed by atoms with E-state index in [2.05, 4.69) is 46.0 Å². The van der Waals surface area contributed by atoms with Gasteiger partial charge >= 0.3 is 5.97 Å². The summed E-state index contributed by atoms with van der Waals surface area (Å²) in [4.78, 5) is 15.0. The fourth-order valence-corrected chi connectivity index (χ4v) is 4.38. The van der Waals surface area contributed by atoms with E-state index < -0.39 is 5.97 Å². The van der Waals surface area contributed by atoms with Crippen LogP contribution in [0.4, 0.5) is 5.82 Å². The van der Waals surface area contributed by atoms with Crippen molar-refractivity contribution in [2.45, 2.75) is 32.1 Å². The van der Waals surface area contributed by atoms with Gasteiger partial charge in [-0.1, -0.05) is 37.5 Å². The Morgan fingerprint density at radius 3 is 2.44 bits per heavy atom. The predicted molar refractivity (Wildman–Crippen MR) is 134 cm³/mol. The minimum absolute atomic E-state index is 0.0289. The summed E-state index contributed by atoms with van der Waals surface area (Å²) in [6, 6.07) is 12.4. The first-order valence-corrected chi connectivity index (χ1v) is 11.7. The Kier molecular flexibility index (Phi) is 7.27. The molecule has 2 aromatic heterocycles. The van der Waals surface area contributed by atoms with Crippen molar-refractivity contribution >= 4 is 17.4 Å². The molecular weight excluding hydrogens is 428 g/mol. The fraction of sp³-hybridized carbons (Fsp3) is 0.346. The highest BCUT2D eigenvalue weighted by molar-refractivity contribution is 5.77. The topological polar surface area (TPSA) is 109 Å². The summed E-state index contributed by atoms with van der Waals surface area (Å²) < 4.78 is 1.76. The zero-order valence-electron chi connectivity index (χ0n) is 19.7. The molecule has 178 valence electrons. The minimum Gasteiger partial charge on any atom is -0.481 e. The Morgan fingerprint density at radius 1 is 1.09 bits per heavy atom. The highest BCUT2D eigenvalue weighted by Gasteiger charge is 2.19. The lowest BCUT2D eigenvalue weighted by molar-refractivity contribution is -0.142. The van der Waals surface area contributed by atoms with E-state index in [1.807, 2.05) is 37.4 Å². The maximum absolute atomic E-state index is 10.4. The highest BCUT2D eigenvalue weighted by Crippen LogP contribution is 2.29. The molecule has 2 aliphatic rings. The second-order valence-corrected chi connectivity index (χ2v) is 8.89. The lowest BCUT2D eigenvalue weighted by Gasteiger charge is -2.16. The van der Waals surface area contributed by atoms with Gasteiger partial charge in [0.15, 0.2) is 0 Å². The van der Waals surface area contributed by atoms with Gasteiger partial charge in [0, 0.05) is 49.7 Å². The van der Waals surface area contributed by atoms with E-state index >= 15 is 0 Å². The highest BCUT2D eigenvalue weighted by atomic mass is 16.4. The molecule has 0 amide bonds. The molecule has 4 N–H and O–H groups in total. The first kappa shape index (κ1) is 23.5. The SMILES string of the molecule is CN1C=C(c2cccc(-c3ccc(-c4cnn(C)c4)c(N)n3)c2)CN1.O=C(O)C1CCCCC1. The number of aliphatic carboxylic acids is 1. The van der Waals surface area contributed by atoms with Crippen molar-refractivity contribution in [3.63, 3.8) is 0 Å². The number of aromatic nitrogens is 3. The van der Waals surface area contributed by atoms with E-state index in [-0.39, 0.29) is 5.92 Å². The van der Waals surface area contributed by atoms with Crippen LogP contribution in [0.25, 0.3) is 28.0 Å². The number of nitrogens with one attached hydrogen (secondary N) is 1. The molecule has 0 unspecified atom stereocenters. The largest absolute Gasteiger partial charge is 0.481 e. The summed E-state index contributed by atoms with van der Waals surface area (Å²) in [5, 5.41) is 14.7. The number of nitrogens with zero attached hydrogens (tertiary/aromatic N) is 4. The number of hydrogen-bond acceptors (Lipinski definition) is 6. The number of aryl methyl sites for hydroxylation is 1. The molecule has 0 radical (unpaired) electrons. The van der Waals surface area contributed by atoms with Crippen LogP contribution in [0.3, 0.4) is 0 Å². The lowest BCUT2D eigenvalue weighted by atomic mass is 9.90. The number of hydrazine groups is 1. The molecule has 8 heteroatoms. The Bertz CT molecular complexity index is 1180. The molecule has 0 spiro atoms. The van der Waals surface area contributed by atoms with E-state index in [1.165, 1.54) is 17.6 Å². The van der Waals surface area contributed by atoms with E-state index in [0.29, 0.717) is 5.82 Å². The van der Waals surface area contributed by atoms with Gasteiger partial charge in [-0.05, 0) is 42.2 Å². The van der Waals surface area contributed by atoms with Gasteiger partial charge in [0.05, 0.1) is 17.8 Å². The molecule has 0 saturated heterocycles. The second kappa shape index (κ2) is 10.5. The normalized spacial score (nSPS) is 16.1. The van der Waals surface area contributed by atoms with Gasteiger partial charge in [0.1, 0.15) is 5.82 Å². The van der Waals surface area contributed by atoms with Crippen LogP contribution in [0.2, 0.25) is 0 Å². The number of carboxylic acids is 1. The average Bonchev–Trinajstić information content (AvgIpc) is 3.48. The Hall–Kier alpha value is -3.65. The van der Waals surface area contributed by atoms with Gasteiger partial charge in [-0.3, -0.25) is 9.48 Å². The molecule has 1 aromatic carbocycles. The van der Waals surface area contributed by atoms with Crippen molar-refractivity contribution in [3.05, 3.63) is 60.6 Å². The molecule has 34 heavy (non-hydrogen) atoms. The smallest absolute Gasteiger partial charge is 0.306 e. The number of carbonyl (C=O) groups is 1. The zero-order chi connectivity index (χ0) is 24.1. The maximum Gasteiger partial charge on any atom is 0.306 e. The summed E-state index contributed by atoms with van der Waals surface area (Å²) in [6.07, 6.45) is 11.1. The fourth-order valence-electron chi connectivity index (χ4n) is 4.38. The summed E-state index contributed by atoms with van der Waals surface area (Å²) in [5.74, 6) is -0.120. The predicted octanol–water partition coefficient (Wildman–Crippen LogP) is 4.17. The molecule has 1 aliphatic heterocycles. The summed E-state index contributed by atoms with van der Waals surface area (Å²) in [6.45, 7) is 0.829. The number of carboxylic acid groups (broad SMARTS) is 1. The van der Waals surface area contributed by atoms with Crippen LogP contribution in [0, 0.1) is 5.92 Å². The Labute approximate surface area is 200 Å². The third-order valence-electron chi connectivity index (χ3n) is 6.29. The minimum atomic E-state index is -0.602. The molecule has 3 heterocycles. The summed E-state index contributed by atoms with van der Waals surface area (Å²) in [7, 11) is 3.88. The molecule has 1 saturated carbocycles. The third-order valence-corrected chi connectivity index (χ3v) is 6.29. The van der Waals surface area contributed by atoms with Gasteiger partial charge in [0.25, 0.3) is 0 Å². The lowest BCUT2D eigenvalue weighted by Crippen LogP contribution is -2.23. The maximum atomic E-state index is 10.4. The van der Waals surface area contributed by atoms with Gasteiger partial charge < -0.3 is 15.8 Å². The van der Waals surface area contributed by atoms with Crippen LogP contribution in [0.15, 0.2) is 55.0 Å². The number of nitrogen functional groups attached to an aromatic ring is 1. The van der Waals surface area contributed by atoms with Gasteiger partial charge in [-0.2, -0.15) is 5.10 Å². The van der Waals surface area contributed by atoms with Crippen LogP contribution in [-0.2, 0) is 11.8 Å². The summed E-state index contributed by atoms with van der Waals surface area (Å²) >= 11 is 0. The number of rotatable bonds is 4. The molecule has 1 aliphatic carbocycles. The van der Waals surface area contributed by atoms with Gasteiger partial charge in [0.2, 0.25) is 0 Å². The van der Waals surface area contributed by atoms with Crippen molar-refractivity contribution in [1.82, 2.24) is 25.2 Å². The van der Waals surface area contributed by atoms with E-state index in [1.54, 1.807) is 10.9 Å². The monoisotopic (exact) mass is 460 g/mol. The van der Waals surface area contributed by atoms with E-state index in [4.69, 9.17) is 10.8 Å². The molecule has 3 aromatic rings. The standard InChI is InChI=1S/C19H20N6.C7H12O2/c1-24-11-15(9-21-24)13-4-3-5-14(8-13)18-7-6-17(19(20)23-18)16-10-22-25(2)12-16;8-7(9)6-4-2-1-3-5-6/h3-8,10-12,21H,9H2,1-2H3,(H2,20,23);6H,1-5H2,(H,8,9). The van der Waals surface area contributed by atoms with Crippen molar-refractivity contribution < 1.29 is 9.90 Å². The van der Waals surface area contributed by atoms with Crippen LogP contribution in [-0.4, -0.2) is 44.4 Å². The number of anilines is 1.